The molecule has 0 atom stereocenters. The fourth-order valence-corrected chi connectivity index (χ4v) is 2.57. The summed E-state index contributed by atoms with van der Waals surface area (Å²) in [4.78, 5) is 0. The molecule has 0 radical (unpaired) electrons. The minimum Gasteiger partial charge on any atom is -0.489 e. The van der Waals surface area contributed by atoms with E-state index < -0.39 is 0 Å². The second kappa shape index (κ2) is 6.42. The van der Waals surface area contributed by atoms with E-state index in [0.29, 0.717) is 12.6 Å². The lowest BCUT2D eigenvalue weighted by Crippen LogP contribution is -2.16. The van der Waals surface area contributed by atoms with Crippen LogP contribution >= 0.6 is 15.9 Å². The highest BCUT2D eigenvalue weighted by Gasteiger charge is 2.20. The average molecular weight is 332 g/mol. The summed E-state index contributed by atoms with van der Waals surface area (Å²) in [5.41, 5.74) is 2.40. The van der Waals surface area contributed by atoms with E-state index in [4.69, 9.17) is 4.74 Å². The maximum Gasteiger partial charge on any atom is 0.124 e. The maximum atomic E-state index is 5.97. The Kier molecular flexibility index (Phi) is 4.38. The number of halogens is 1. The van der Waals surface area contributed by atoms with Crippen molar-refractivity contribution < 1.29 is 4.74 Å². The number of ether oxygens (including phenoxy) is 1. The smallest absolute Gasteiger partial charge is 0.124 e. The van der Waals surface area contributed by atoms with Crippen molar-refractivity contribution in [2.45, 2.75) is 32.0 Å². The lowest BCUT2D eigenvalue weighted by Gasteiger charge is -2.12. The van der Waals surface area contributed by atoms with E-state index in [1.165, 1.54) is 24.0 Å². The number of benzene rings is 2. The van der Waals surface area contributed by atoms with Gasteiger partial charge in [0.05, 0.1) is 0 Å². The fraction of sp³-hybridized carbons (Fsp3) is 0.294. The lowest BCUT2D eigenvalue weighted by atomic mass is 10.2. The van der Waals surface area contributed by atoms with Crippen molar-refractivity contribution >= 4 is 15.9 Å². The zero-order chi connectivity index (χ0) is 13.8. The van der Waals surface area contributed by atoms with Gasteiger partial charge in [-0.1, -0.05) is 46.3 Å². The van der Waals surface area contributed by atoms with E-state index in [1.807, 2.05) is 24.3 Å². The average Bonchev–Trinajstić information content (AvgIpc) is 3.28. The summed E-state index contributed by atoms with van der Waals surface area (Å²) < 4.78 is 7.06. The highest BCUT2D eigenvalue weighted by molar-refractivity contribution is 9.10. The first-order chi connectivity index (χ1) is 9.81. The maximum absolute atomic E-state index is 5.97. The van der Waals surface area contributed by atoms with Crippen molar-refractivity contribution in [2.75, 3.05) is 0 Å². The van der Waals surface area contributed by atoms with Crippen LogP contribution in [0.5, 0.6) is 5.75 Å². The van der Waals surface area contributed by atoms with Gasteiger partial charge in [0.15, 0.2) is 0 Å². The first-order valence-corrected chi connectivity index (χ1v) is 7.79. The summed E-state index contributed by atoms with van der Waals surface area (Å²) in [6, 6.07) is 17.2. The van der Waals surface area contributed by atoms with Gasteiger partial charge in [-0.2, -0.15) is 0 Å². The second-order valence-corrected chi connectivity index (χ2v) is 6.10. The van der Waals surface area contributed by atoms with Gasteiger partial charge in [-0.15, -0.1) is 0 Å². The fourth-order valence-electron chi connectivity index (χ4n) is 2.12. The third kappa shape index (κ3) is 3.84. The zero-order valence-electron chi connectivity index (χ0n) is 11.3. The van der Waals surface area contributed by atoms with Crippen molar-refractivity contribution in [1.29, 1.82) is 0 Å². The summed E-state index contributed by atoms with van der Waals surface area (Å²) >= 11 is 3.49. The van der Waals surface area contributed by atoms with Crippen molar-refractivity contribution in [3.05, 3.63) is 64.1 Å². The largest absolute Gasteiger partial charge is 0.489 e. The normalized spacial score (nSPS) is 14.2. The highest BCUT2D eigenvalue weighted by Crippen LogP contribution is 2.23. The van der Waals surface area contributed by atoms with Crippen LogP contribution in [0.15, 0.2) is 53.0 Å². The van der Waals surface area contributed by atoms with Gasteiger partial charge < -0.3 is 10.1 Å². The van der Waals surface area contributed by atoms with Crippen LogP contribution in [-0.4, -0.2) is 6.04 Å². The molecule has 0 aliphatic heterocycles. The van der Waals surface area contributed by atoms with Crippen LogP contribution in [0, 0.1) is 0 Å². The topological polar surface area (TPSA) is 21.3 Å². The van der Waals surface area contributed by atoms with Crippen molar-refractivity contribution in [1.82, 2.24) is 5.32 Å². The SMILES string of the molecule is Brc1cccc(COc2ccccc2CNC2CC2)c1. The van der Waals surface area contributed by atoms with E-state index in [1.54, 1.807) is 0 Å². The Morgan fingerprint density at radius 3 is 2.75 bits per heavy atom. The Hall–Kier alpha value is -1.32. The Bertz CT molecular complexity index is 581. The molecule has 3 heteroatoms. The minimum atomic E-state index is 0.597. The second-order valence-electron chi connectivity index (χ2n) is 5.18. The number of para-hydroxylation sites is 1. The molecule has 20 heavy (non-hydrogen) atoms. The first-order valence-electron chi connectivity index (χ1n) is 7.00. The molecule has 1 N–H and O–H groups in total. The molecule has 0 bridgehead atoms. The van der Waals surface area contributed by atoms with Crippen molar-refractivity contribution in [3.63, 3.8) is 0 Å². The van der Waals surface area contributed by atoms with Crippen molar-refractivity contribution in [2.24, 2.45) is 0 Å². The van der Waals surface area contributed by atoms with Gasteiger partial charge in [-0.3, -0.25) is 0 Å². The third-order valence-corrected chi connectivity index (χ3v) is 3.91. The Morgan fingerprint density at radius 1 is 1.10 bits per heavy atom. The summed E-state index contributed by atoms with van der Waals surface area (Å²) in [7, 11) is 0. The molecular formula is C17H18BrNO. The molecular weight excluding hydrogens is 314 g/mol. The zero-order valence-corrected chi connectivity index (χ0v) is 12.9. The predicted molar refractivity (Wildman–Crippen MR) is 84.8 cm³/mol. The summed E-state index contributed by atoms with van der Waals surface area (Å²) in [6.07, 6.45) is 2.61. The molecule has 0 amide bonds. The van der Waals surface area contributed by atoms with Crippen LogP contribution in [0.4, 0.5) is 0 Å². The lowest BCUT2D eigenvalue weighted by molar-refractivity contribution is 0.302. The summed E-state index contributed by atoms with van der Waals surface area (Å²) in [5, 5.41) is 3.53. The van der Waals surface area contributed by atoms with Crippen molar-refractivity contribution in [3.8, 4) is 5.75 Å². The number of hydrogen-bond acceptors (Lipinski definition) is 2. The van der Waals surface area contributed by atoms with Gasteiger partial charge in [0.2, 0.25) is 0 Å². The van der Waals surface area contributed by atoms with Crippen LogP contribution in [0.25, 0.3) is 0 Å². The molecule has 1 fully saturated rings. The van der Waals surface area contributed by atoms with Gasteiger partial charge in [0.25, 0.3) is 0 Å². The van der Waals surface area contributed by atoms with Crippen LogP contribution < -0.4 is 10.1 Å². The third-order valence-electron chi connectivity index (χ3n) is 3.41. The van der Waals surface area contributed by atoms with E-state index in [2.05, 4.69) is 45.5 Å². The molecule has 2 nitrogen and oxygen atoms in total. The summed E-state index contributed by atoms with van der Waals surface area (Å²) in [5.74, 6) is 0.973. The predicted octanol–water partition coefficient (Wildman–Crippen LogP) is 4.28. The Balaban J connectivity index is 1.63. The number of nitrogens with one attached hydrogen (secondary N) is 1. The molecule has 1 saturated carbocycles. The quantitative estimate of drug-likeness (QED) is 0.852. The first kappa shape index (κ1) is 13.7. The van der Waals surface area contributed by atoms with Crippen LogP contribution in [0.2, 0.25) is 0 Å². The Morgan fingerprint density at radius 2 is 1.95 bits per heavy atom. The van der Waals surface area contributed by atoms with Gasteiger partial charge >= 0.3 is 0 Å². The number of hydrogen-bond donors (Lipinski definition) is 1. The molecule has 0 aromatic heterocycles. The minimum absolute atomic E-state index is 0.597. The van der Waals surface area contributed by atoms with Gasteiger partial charge in [0, 0.05) is 22.6 Å². The molecule has 0 unspecified atom stereocenters. The Labute approximate surface area is 128 Å². The molecule has 0 spiro atoms. The van der Waals surface area contributed by atoms with Crippen LogP contribution in [-0.2, 0) is 13.2 Å². The van der Waals surface area contributed by atoms with Gasteiger partial charge in [-0.05, 0) is 36.6 Å². The molecule has 0 heterocycles. The van der Waals surface area contributed by atoms with Gasteiger partial charge in [-0.25, -0.2) is 0 Å². The molecule has 2 aromatic rings. The number of rotatable bonds is 6. The highest BCUT2D eigenvalue weighted by atomic mass is 79.9. The molecule has 1 aliphatic rings. The monoisotopic (exact) mass is 331 g/mol. The van der Waals surface area contributed by atoms with E-state index >= 15 is 0 Å². The standard InChI is InChI=1S/C17H18BrNO/c18-15-6-3-4-13(10-15)12-20-17-7-2-1-5-14(17)11-19-16-8-9-16/h1-7,10,16,19H,8-9,11-12H2. The summed E-state index contributed by atoms with van der Waals surface area (Å²) in [6.45, 7) is 1.49. The van der Waals surface area contributed by atoms with E-state index in [-0.39, 0.29) is 0 Å². The molecule has 104 valence electrons. The molecule has 3 rings (SSSR count). The van der Waals surface area contributed by atoms with Gasteiger partial charge in [0.1, 0.15) is 12.4 Å². The van der Waals surface area contributed by atoms with E-state index in [9.17, 15) is 0 Å². The molecule has 2 aromatic carbocycles. The van der Waals surface area contributed by atoms with Crippen LogP contribution in [0.1, 0.15) is 24.0 Å². The van der Waals surface area contributed by atoms with Crippen LogP contribution in [0.3, 0.4) is 0 Å². The molecule has 0 saturated heterocycles. The molecule has 1 aliphatic carbocycles. The van der Waals surface area contributed by atoms with E-state index in [0.717, 1.165) is 16.8 Å².